The molecule has 2 aliphatic heterocycles. The van der Waals surface area contributed by atoms with Crippen molar-refractivity contribution in [2.75, 3.05) is 46.9 Å². The summed E-state index contributed by atoms with van der Waals surface area (Å²) in [6.45, 7) is 10.1. The van der Waals surface area contributed by atoms with Crippen molar-refractivity contribution < 1.29 is 4.74 Å². The van der Waals surface area contributed by atoms with Crippen LogP contribution in [-0.4, -0.2) is 74.4 Å². The Balaban J connectivity index is 1.98. The second-order valence-electron chi connectivity index (χ2n) is 6.47. The molecule has 2 fully saturated rings. The van der Waals surface area contributed by atoms with Crippen LogP contribution in [-0.2, 0) is 4.74 Å². The fourth-order valence-corrected chi connectivity index (χ4v) is 3.12. The summed E-state index contributed by atoms with van der Waals surface area (Å²) in [6, 6.07) is 0.609. The summed E-state index contributed by atoms with van der Waals surface area (Å²) in [5.74, 6) is 0. The molecule has 0 saturated carbocycles. The van der Waals surface area contributed by atoms with E-state index < -0.39 is 0 Å². The molecule has 0 aliphatic carbocycles. The van der Waals surface area contributed by atoms with Gasteiger partial charge in [0.25, 0.3) is 0 Å². The third-order valence-corrected chi connectivity index (χ3v) is 4.53. The van der Waals surface area contributed by atoms with E-state index in [2.05, 4.69) is 36.0 Å². The van der Waals surface area contributed by atoms with Crippen LogP contribution in [0.1, 0.15) is 26.7 Å². The van der Waals surface area contributed by atoms with Gasteiger partial charge >= 0.3 is 0 Å². The number of piperazine rings is 1. The molecule has 0 spiro atoms. The van der Waals surface area contributed by atoms with E-state index in [0.717, 1.165) is 32.8 Å². The topological polar surface area (TPSA) is 27.7 Å². The molecule has 2 aliphatic rings. The lowest BCUT2D eigenvalue weighted by atomic mass is 9.95. The zero-order chi connectivity index (χ0) is 13.2. The molecule has 2 saturated heterocycles. The van der Waals surface area contributed by atoms with E-state index in [4.69, 9.17) is 4.74 Å². The summed E-state index contributed by atoms with van der Waals surface area (Å²) < 4.78 is 5.80. The minimum absolute atomic E-state index is 0.267. The van der Waals surface area contributed by atoms with Crippen molar-refractivity contribution in [1.82, 2.24) is 15.1 Å². The maximum absolute atomic E-state index is 5.80. The van der Waals surface area contributed by atoms with Gasteiger partial charge in [-0.25, -0.2) is 0 Å². The third kappa shape index (κ3) is 3.23. The van der Waals surface area contributed by atoms with Crippen LogP contribution in [0.5, 0.6) is 0 Å². The predicted octanol–water partition coefficient (Wildman–Crippen LogP) is 0.779. The quantitative estimate of drug-likeness (QED) is 0.803. The largest absolute Gasteiger partial charge is 0.377 e. The maximum Gasteiger partial charge on any atom is 0.0702 e. The van der Waals surface area contributed by atoms with E-state index >= 15 is 0 Å². The predicted molar refractivity (Wildman–Crippen MR) is 75.0 cm³/mol. The van der Waals surface area contributed by atoms with Gasteiger partial charge in [-0.15, -0.1) is 0 Å². The number of ether oxygens (including phenoxy) is 1. The second-order valence-corrected chi connectivity index (χ2v) is 6.47. The smallest absolute Gasteiger partial charge is 0.0702 e. The van der Waals surface area contributed by atoms with Gasteiger partial charge in [0, 0.05) is 44.4 Å². The average Bonchev–Trinajstić information content (AvgIpc) is 2.78. The SMILES string of the molecule is CNCC1CN(C)C(C)(C)CN1CC1CCCO1. The molecule has 2 atom stereocenters. The molecular weight excluding hydrogens is 226 g/mol. The molecule has 2 rings (SSSR count). The van der Waals surface area contributed by atoms with Crippen molar-refractivity contribution in [3.63, 3.8) is 0 Å². The fourth-order valence-electron chi connectivity index (χ4n) is 3.12. The lowest BCUT2D eigenvalue weighted by molar-refractivity contribution is -0.0262. The van der Waals surface area contributed by atoms with Crippen molar-refractivity contribution in [1.29, 1.82) is 0 Å². The summed E-state index contributed by atoms with van der Waals surface area (Å²) >= 11 is 0. The number of likely N-dealkylation sites (N-methyl/N-ethyl adjacent to an activating group) is 2. The van der Waals surface area contributed by atoms with Crippen LogP contribution in [0.3, 0.4) is 0 Å². The van der Waals surface area contributed by atoms with Crippen molar-refractivity contribution in [3.8, 4) is 0 Å². The van der Waals surface area contributed by atoms with Crippen LogP contribution in [0.25, 0.3) is 0 Å². The molecule has 2 heterocycles. The van der Waals surface area contributed by atoms with Crippen molar-refractivity contribution in [2.45, 2.75) is 44.4 Å². The van der Waals surface area contributed by atoms with Gasteiger partial charge in [0.2, 0.25) is 0 Å². The molecule has 2 unspecified atom stereocenters. The van der Waals surface area contributed by atoms with Gasteiger partial charge in [0.15, 0.2) is 0 Å². The Hall–Kier alpha value is -0.160. The first-order chi connectivity index (χ1) is 8.53. The van der Waals surface area contributed by atoms with Gasteiger partial charge in [-0.2, -0.15) is 0 Å². The Morgan fingerprint density at radius 1 is 1.39 bits per heavy atom. The molecule has 0 bridgehead atoms. The number of rotatable bonds is 4. The van der Waals surface area contributed by atoms with E-state index in [1.165, 1.54) is 12.8 Å². The number of hydrogen-bond acceptors (Lipinski definition) is 4. The molecule has 4 nitrogen and oxygen atoms in total. The summed E-state index contributed by atoms with van der Waals surface area (Å²) in [5.41, 5.74) is 0.267. The number of hydrogen-bond donors (Lipinski definition) is 1. The van der Waals surface area contributed by atoms with Crippen molar-refractivity contribution >= 4 is 0 Å². The van der Waals surface area contributed by atoms with Crippen molar-refractivity contribution in [2.24, 2.45) is 0 Å². The lowest BCUT2D eigenvalue weighted by Crippen LogP contribution is -2.64. The Morgan fingerprint density at radius 2 is 2.17 bits per heavy atom. The normalized spacial score (nSPS) is 34.0. The summed E-state index contributed by atoms with van der Waals surface area (Å²) in [4.78, 5) is 5.12. The van der Waals surface area contributed by atoms with Crippen LogP contribution < -0.4 is 5.32 Å². The minimum atomic E-state index is 0.267. The lowest BCUT2D eigenvalue weighted by Gasteiger charge is -2.50. The number of nitrogens with zero attached hydrogens (tertiary/aromatic N) is 2. The van der Waals surface area contributed by atoms with Gasteiger partial charge in [-0.3, -0.25) is 9.80 Å². The van der Waals surface area contributed by atoms with Crippen molar-refractivity contribution in [3.05, 3.63) is 0 Å². The molecule has 0 aromatic carbocycles. The monoisotopic (exact) mass is 255 g/mol. The summed E-state index contributed by atoms with van der Waals surface area (Å²) in [7, 11) is 4.29. The van der Waals surface area contributed by atoms with Gasteiger partial charge in [-0.1, -0.05) is 0 Å². The highest BCUT2D eigenvalue weighted by Gasteiger charge is 2.37. The molecule has 0 aromatic heterocycles. The van der Waals surface area contributed by atoms with E-state index in [1.54, 1.807) is 0 Å². The molecule has 0 amide bonds. The van der Waals surface area contributed by atoms with E-state index in [0.29, 0.717) is 12.1 Å². The third-order valence-electron chi connectivity index (χ3n) is 4.53. The van der Waals surface area contributed by atoms with Gasteiger partial charge < -0.3 is 10.1 Å². The fraction of sp³-hybridized carbons (Fsp3) is 1.00. The minimum Gasteiger partial charge on any atom is -0.377 e. The standard InChI is InChI=1S/C14H29N3O/c1-14(2)11-17(10-13-6-5-7-18-13)12(8-15-3)9-16(14)4/h12-13,15H,5-11H2,1-4H3. The number of nitrogens with one attached hydrogen (secondary N) is 1. The van der Waals surface area contributed by atoms with Crippen LogP contribution in [0, 0.1) is 0 Å². The van der Waals surface area contributed by atoms with E-state index in [9.17, 15) is 0 Å². The molecule has 1 N–H and O–H groups in total. The van der Waals surface area contributed by atoms with Crippen LogP contribution in [0.15, 0.2) is 0 Å². The Labute approximate surface area is 112 Å². The average molecular weight is 255 g/mol. The van der Waals surface area contributed by atoms with E-state index in [1.807, 2.05) is 7.05 Å². The van der Waals surface area contributed by atoms with Crippen LogP contribution in [0.4, 0.5) is 0 Å². The first-order valence-corrected chi connectivity index (χ1v) is 7.24. The Morgan fingerprint density at radius 3 is 2.78 bits per heavy atom. The molecule has 18 heavy (non-hydrogen) atoms. The first kappa shape index (κ1) is 14.3. The summed E-state index contributed by atoms with van der Waals surface area (Å²) in [5, 5.41) is 3.33. The zero-order valence-electron chi connectivity index (χ0n) is 12.4. The van der Waals surface area contributed by atoms with Gasteiger partial charge in [0.05, 0.1) is 6.10 Å². The molecule has 0 aromatic rings. The second kappa shape index (κ2) is 5.87. The molecule has 0 radical (unpaired) electrons. The first-order valence-electron chi connectivity index (χ1n) is 7.24. The van der Waals surface area contributed by atoms with Gasteiger partial charge in [0.1, 0.15) is 0 Å². The molecule has 106 valence electrons. The van der Waals surface area contributed by atoms with Crippen LogP contribution >= 0.6 is 0 Å². The highest BCUT2D eigenvalue weighted by Crippen LogP contribution is 2.24. The van der Waals surface area contributed by atoms with Crippen LogP contribution in [0.2, 0.25) is 0 Å². The Bertz CT molecular complexity index is 264. The highest BCUT2D eigenvalue weighted by molar-refractivity contribution is 4.95. The zero-order valence-corrected chi connectivity index (χ0v) is 12.4. The highest BCUT2D eigenvalue weighted by atomic mass is 16.5. The van der Waals surface area contributed by atoms with Gasteiger partial charge in [-0.05, 0) is 40.8 Å². The molecular formula is C14H29N3O. The molecule has 4 heteroatoms. The van der Waals surface area contributed by atoms with E-state index in [-0.39, 0.29) is 5.54 Å². The summed E-state index contributed by atoms with van der Waals surface area (Å²) in [6.07, 6.45) is 2.93. The Kier molecular flexibility index (Phi) is 4.64. The maximum atomic E-state index is 5.80.